The summed E-state index contributed by atoms with van der Waals surface area (Å²) in [6.45, 7) is 0. The van der Waals surface area contributed by atoms with Gasteiger partial charge >= 0.3 is 0 Å². The van der Waals surface area contributed by atoms with Crippen LogP contribution in [-0.2, 0) is 0 Å². The maximum absolute atomic E-state index is 11.3. The van der Waals surface area contributed by atoms with E-state index in [9.17, 15) is 4.79 Å². The van der Waals surface area contributed by atoms with Crippen molar-refractivity contribution in [2.75, 3.05) is 16.8 Å². The molecule has 0 spiro atoms. The van der Waals surface area contributed by atoms with E-state index in [1.807, 2.05) is 18.2 Å². The van der Waals surface area contributed by atoms with Crippen LogP contribution in [0.15, 0.2) is 143 Å². The van der Waals surface area contributed by atoms with Gasteiger partial charge in [0.25, 0.3) is 0 Å². The summed E-state index contributed by atoms with van der Waals surface area (Å²) in [7, 11) is 2.08. The van der Waals surface area contributed by atoms with Crippen molar-refractivity contribution in [1.82, 2.24) is 0 Å². The van der Waals surface area contributed by atoms with Crippen LogP contribution in [0.3, 0.4) is 0 Å². The zero-order chi connectivity index (χ0) is 27.1. The summed E-state index contributed by atoms with van der Waals surface area (Å²) in [4.78, 5) is 18.1. The maximum Gasteiger partial charge on any atom is 0.150 e. The number of hydrogen-bond donors (Lipinski definition) is 0. The van der Waals surface area contributed by atoms with E-state index < -0.39 is 0 Å². The molecular formula is C36H26N2OS. The lowest BCUT2D eigenvalue weighted by Gasteiger charge is -2.30. The predicted molar refractivity (Wildman–Crippen MR) is 168 cm³/mol. The van der Waals surface area contributed by atoms with Gasteiger partial charge in [-0.2, -0.15) is 0 Å². The van der Waals surface area contributed by atoms with Crippen LogP contribution in [0.1, 0.15) is 10.4 Å². The summed E-state index contributed by atoms with van der Waals surface area (Å²) in [5.74, 6) is 0. The Kier molecular flexibility index (Phi) is 6.10. The van der Waals surface area contributed by atoms with Crippen molar-refractivity contribution in [3.63, 3.8) is 0 Å². The molecule has 0 radical (unpaired) electrons. The number of fused-ring (bicyclic) bond motifs is 3. The van der Waals surface area contributed by atoms with Crippen LogP contribution in [0, 0.1) is 0 Å². The molecule has 0 aliphatic carbocycles. The third kappa shape index (κ3) is 4.33. The van der Waals surface area contributed by atoms with Gasteiger partial charge in [0.15, 0.2) is 0 Å². The van der Waals surface area contributed by atoms with E-state index in [4.69, 9.17) is 0 Å². The maximum atomic E-state index is 11.3. The normalized spacial score (nSPS) is 12.1. The molecule has 0 amide bonds. The van der Waals surface area contributed by atoms with Crippen molar-refractivity contribution >= 4 is 57.3 Å². The topological polar surface area (TPSA) is 23.6 Å². The number of rotatable bonds is 5. The first kappa shape index (κ1) is 24.3. The molecule has 0 aromatic heterocycles. The standard InChI is InChI=1S/C36H26N2OS/c1-37-33-19-11-25(24-39)21-35(33)40-36-23-29(15-20-34(36)37)27-12-16-31(17-13-27)38(30-9-3-2-4-10-30)32-18-14-26-7-5-6-8-28(26)22-32/h2-24H,1H3. The third-order valence-electron chi connectivity index (χ3n) is 7.49. The number of para-hydroxylation sites is 1. The van der Waals surface area contributed by atoms with Crippen molar-refractivity contribution in [2.24, 2.45) is 0 Å². The van der Waals surface area contributed by atoms with Gasteiger partial charge in [0, 0.05) is 39.5 Å². The van der Waals surface area contributed by atoms with Gasteiger partial charge in [0.05, 0.1) is 11.4 Å². The Balaban J connectivity index is 1.24. The van der Waals surface area contributed by atoms with E-state index in [2.05, 4.69) is 132 Å². The highest BCUT2D eigenvalue weighted by molar-refractivity contribution is 7.99. The summed E-state index contributed by atoms with van der Waals surface area (Å²) >= 11 is 1.72. The number of hydrogen-bond acceptors (Lipinski definition) is 4. The molecule has 6 aromatic carbocycles. The quantitative estimate of drug-likeness (QED) is 0.205. The van der Waals surface area contributed by atoms with Gasteiger partial charge in [0.1, 0.15) is 6.29 Å². The van der Waals surface area contributed by atoms with Crippen molar-refractivity contribution < 1.29 is 4.79 Å². The number of carbonyl (C=O) groups excluding carboxylic acids is 1. The van der Waals surface area contributed by atoms with Crippen LogP contribution in [0.5, 0.6) is 0 Å². The summed E-state index contributed by atoms with van der Waals surface area (Å²) in [6.07, 6.45) is 0.908. The lowest BCUT2D eigenvalue weighted by molar-refractivity contribution is 0.112. The first-order valence-corrected chi connectivity index (χ1v) is 14.1. The van der Waals surface area contributed by atoms with Crippen LogP contribution in [0.2, 0.25) is 0 Å². The molecule has 0 saturated heterocycles. The second-order valence-electron chi connectivity index (χ2n) is 9.94. The first-order chi connectivity index (χ1) is 19.7. The number of anilines is 5. The SMILES string of the molecule is CN1c2ccc(C=O)cc2Sc2cc(-c3ccc(N(c4ccccc4)c4ccc5ccccc5c4)cc3)ccc21. The lowest BCUT2D eigenvalue weighted by atomic mass is 10.0. The van der Waals surface area contributed by atoms with Crippen LogP contribution in [-0.4, -0.2) is 13.3 Å². The van der Waals surface area contributed by atoms with E-state index >= 15 is 0 Å². The van der Waals surface area contributed by atoms with Gasteiger partial charge < -0.3 is 9.80 Å². The van der Waals surface area contributed by atoms with Crippen molar-refractivity contribution in [1.29, 1.82) is 0 Å². The second-order valence-corrected chi connectivity index (χ2v) is 11.0. The molecule has 1 aliphatic heterocycles. The fourth-order valence-electron chi connectivity index (χ4n) is 5.41. The summed E-state index contributed by atoms with van der Waals surface area (Å²) < 4.78 is 0. The van der Waals surface area contributed by atoms with E-state index in [-0.39, 0.29) is 0 Å². The molecule has 0 N–H and O–H groups in total. The number of carbonyl (C=O) groups is 1. The van der Waals surface area contributed by atoms with Crippen LogP contribution in [0.25, 0.3) is 21.9 Å². The highest BCUT2D eigenvalue weighted by Gasteiger charge is 2.22. The molecule has 0 fully saturated rings. The average molecular weight is 535 g/mol. The second kappa shape index (κ2) is 10.1. The Hall–Kier alpha value is -4.80. The van der Waals surface area contributed by atoms with E-state index in [0.717, 1.165) is 45.1 Å². The van der Waals surface area contributed by atoms with Gasteiger partial charge in [-0.05, 0) is 88.6 Å². The lowest BCUT2D eigenvalue weighted by Crippen LogP contribution is -2.14. The van der Waals surface area contributed by atoms with E-state index in [1.54, 1.807) is 11.8 Å². The third-order valence-corrected chi connectivity index (χ3v) is 8.58. The highest BCUT2D eigenvalue weighted by atomic mass is 32.2. The Morgan fingerprint density at radius 2 is 1.20 bits per heavy atom. The van der Waals surface area contributed by atoms with E-state index in [0.29, 0.717) is 5.56 Å². The number of nitrogens with zero attached hydrogens (tertiary/aromatic N) is 2. The molecule has 7 rings (SSSR count). The zero-order valence-electron chi connectivity index (χ0n) is 22.0. The van der Waals surface area contributed by atoms with Gasteiger partial charge in [0.2, 0.25) is 0 Å². The molecule has 40 heavy (non-hydrogen) atoms. The highest BCUT2D eigenvalue weighted by Crippen LogP contribution is 2.48. The fraction of sp³-hybridized carbons (Fsp3) is 0.0278. The summed E-state index contributed by atoms with van der Waals surface area (Å²) in [5, 5.41) is 2.45. The molecule has 6 aromatic rings. The van der Waals surface area contributed by atoms with Gasteiger partial charge in [-0.25, -0.2) is 0 Å². The molecule has 1 heterocycles. The molecule has 1 aliphatic rings. The van der Waals surface area contributed by atoms with Gasteiger partial charge in [-0.3, -0.25) is 4.79 Å². The van der Waals surface area contributed by atoms with Crippen molar-refractivity contribution in [2.45, 2.75) is 9.79 Å². The molecule has 0 atom stereocenters. The minimum Gasteiger partial charge on any atom is -0.343 e. The summed E-state index contributed by atoms with van der Waals surface area (Å²) in [5.41, 5.74) is 8.66. The molecule has 0 saturated carbocycles. The Labute approximate surface area is 238 Å². The summed E-state index contributed by atoms with van der Waals surface area (Å²) in [6, 6.07) is 46.9. The molecule has 4 heteroatoms. The minimum absolute atomic E-state index is 0.698. The number of aldehydes is 1. The molecular weight excluding hydrogens is 508 g/mol. The fourth-order valence-corrected chi connectivity index (χ4v) is 6.64. The Morgan fingerprint density at radius 3 is 1.98 bits per heavy atom. The van der Waals surface area contributed by atoms with Gasteiger partial charge in [-0.1, -0.05) is 78.5 Å². The molecule has 0 unspecified atom stereocenters. The van der Waals surface area contributed by atoms with Gasteiger partial charge in [-0.15, -0.1) is 0 Å². The van der Waals surface area contributed by atoms with Crippen molar-refractivity contribution in [3.05, 3.63) is 139 Å². The zero-order valence-corrected chi connectivity index (χ0v) is 22.8. The Bertz CT molecular complexity index is 1860. The molecule has 0 bridgehead atoms. The molecule has 3 nitrogen and oxygen atoms in total. The van der Waals surface area contributed by atoms with Crippen LogP contribution >= 0.6 is 11.8 Å². The van der Waals surface area contributed by atoms with Crippen LogP contribution in [0.4, 0.5) is 28.4 Å². The minimum atomic E-state index is 0.698. The smallest absolute Gasteiger partial charge is 0.150 e. The monoisotopic (exact) mass is 534 g/mol. The average Bonchev–Trinajstić information content (AvgIpc) is 3.01. The predicted octanol–water partition coefficient (Wildman–Crippen LogP) is 10.0. The molecule has 192 valence electrons. The van der Waals surface area contributed by atoms with Crippen molar-refractivity contribution in [3.8, 4) is 11.1 Å². The first-order valence-electron chi connectivity index (χ1n) is 13.3. The Morgan fingerprint density at radius 1 is 0.575 bits per heavy atom. The van der Waals surface area contributed by atoms with Crippen LogP contribution < -0.4 is 9.80 Å². The largest absolute Gasteiger partial charge is 0.343 e. The van der Waals surface area contributed by atoms with E-state index in [1.165, 1.54) is 21.4 Å². The number of benzene rings is 6.